The van der Waals surface area contributed by atoms with Crippen LogP contribution in [-0.2, 0) is 13.0 Å². The van der Waals surface area contributed by atoms with Crippen LogP contribution in [0.2, 0.25) is 0 Å². The summed E-state index contributed by atoms with van der Waals surface area (Å²) in [5.41, 5.74) is 2.20. The molecule has 1 aliphatic rings. The van der Waals surface area contributed by atoms with Gasteiger partial charge in [0, 0.05) is 18.4 Å². The number of hydrogen-bond donors (Lipinski definition) is 0. The number of hydrogen-bond acceptors (Lipinski definition) is 1. The summed E-state index contributed by atoms with van der Waals surface area (Å²) in [6.07, 6.45) is 4.08. The monoisotopic (exact) mass is 200 g/mol. The molecule has 0 aliphatic carbocycles. The van der Waals surface area contributed by atoms with Crippen LogP contribution < -0.4 is 5.69 Å². The third-order valence-electron chi connectivity index (χ3n) is 2.91. The van der Waals surface area contributed by atoms with E-state index in [2.05, 4.69) is 0 Å². The molecule has 3 nitrogen and oxygen atoms in total. The highest BCUT2D eigenvalue weighted by molar-refractivity contribution is 5.32. The summed E-state index contributed by atoms with van der Waals surface area (Å²) in [5, 5.41) is 0. The van der Waals surface area contributed by atoms with Crippen LogP contribution in [0.3, 0.4) is 0 Å². The number of fused-ring (bicyclic) bond motifs is 1. The fourth-order valence-corrected chi connectivity index (χ4v) is 2.16. The van der Waals surface area contributed by atoms with Gasteiger partial charge in [0.2, 0.25) is 0 Å². The van der Waals surface area contributed by atoms with Crippen LogP contribution >= 0.6 is 0 Å². The summed E-state index contributed by atoms with van der Waals surface area (Å²) >= 11 is 0. The number of benzene rings is 1. The van der Waals surface area contributed by atoms with E-state index < -0.39 is 0 Å². The van der Waals surface area contributed by atoms with E-state index in [0.717, 1.165) is 30.8 Å². The molecule has 0 saturated heterocycles. The lowest BCUT2D eigenvalue weighted by atomic mass is 10.3. The van der Waals surface area contributed by atoms with Gasteiger partial charge in [0.25, 0.3) is 0 Å². The average Bonchev–Trinajstić information content (AvgIpc) is 2.83. The Bertz CT molecular complexity index is 536. The Kier molecular flexibility index (Phi) is 1.78. The first kappa shape index (κ1) is 8.53. The van der Waals surface area contributed by atoms with Crippen LogP contribution in [0.1, 0.15) is 12.1 Å². The molecule has 3 rings (SSSR count). The van der Waals surface area contributed by atoms with Gasteiger partial charge in [-0.15, -0.1) is 0 Å². The Hall–Kier alpha value is -1.77. The van der Waals surface area contributed by atoms with Gasteiger partial charge in [0.05, 0.1) is 5.69 Å². The molecule has 1 aromatic heterocycles. The molecule has 0 saturated carbocycles. The molecule has 3 heteroatoms. The molecule has 2 aromatic rings. The quantitative estimate of drug-likeness (QED) is 0.686. The van der Waals surface area contributed by atoms with Crippen LogP contribution in [0.4, 0.5) is 0 Å². The van der Waals surface area contributed by atoms with Crippen molar-refractivity contribution in [3.8, 4) is 5.69 Å². The molecule has 0 atom stereocenters. The highest BCUT2D eigenvalue weighted by Crippen LogP contribution is 2.14. The van der Waals surface area contributed by atoms with E-state index in [0.29, 0.717) is 0 Å². The molecular weight excluding hydrogens is 188 g/mol. The van der Waals surface area contributed by atoms with Crippen molar-refractivity contribution >= 4 is 0 Å². The normalized spacial score (nSPS) is 14.1. The second-order valence-corrected chi connectivity index (χ2v) is 3.86. The summed E-state index contributed by atoms with van der Waals surface area (Å²) in [4.78, 5) is 12.0. The molecule has 0 unspecified atom stereocenters. The van der Waals surface area contributed by atoms with E-state index in [-0.39, 0.29) is 5.69 Å². The van der Waals surface area contributed by atoms with E-state index in [1.807, 2.05) is 41.1 Å². The summed E-state index contributed by atoms with van der Waals surface area (Å²) in [6, 6.07) is 9.77. The minimum atomic E-state index is 0.0914. The number of aryl methyl sites for hydroxylation is 1. The zero-order chi connectivity index (χ0) is 10.3. The van der Waals surface area contributed by atoms with Crippen molar-refractivity contribution in [1.29, 1.82) is 0 Å². The van der Waals surface area contributed by atoms with E-state index in [9.17, 15) is 4.79 Å². The minimum Gasteiger partial charge on any atom is -0.296 e. The summed E-state index contributed by atoms with van der Waals surface area (Å²) in [5.74, 6) is 0. The molecule has 0 amide bonds. The van der Waals surface area contributed by atoms with Gasteiger partial charge in [0.1, 0.15) is 0 Å². The maximum absolute atomic E-state index is 12.0. The van der Waals surface area contributed by atoms with Crippen LogP contribution in [-0.4, -0.2) is 9.13 Å². The Morgan fingerprint density at radius 2 is 1.93 bits per heavy atom. The predicted molar refractivity (Wildman–Crippen MR) is 58.4 cm³/mol. The zero-order valence-electron chi connectivity index (χ0n) is 8.39. The molecule has 0 spiro atoms. The lowest BCUT2D eigenvalue weighted by Gasteiger charge is -2.00. The Morgan fingerprint density at radius 1 is 1.13 bits per heavy atom. The topological polar surface area (TPSA) is 26.9 Å². The Labute approximate surface area is 87.6 Å². The van der Waals surface area contributed by atoms with Gasteiger partial charge in [-0.05, 0) is 25.0 Å². The highest BCUT2D eigenvalue weighted by atomic mass is 16.1. The Morgan fingerprint density at radius 3 is 2.67 bits per heavy atom. The van der Waals surface area contributed by atoms with E-state index in [4.69, 9.17) is 0 Å². The van der Waals surface area contributed by atoms with Gasteiger partial charge in [0.15, 0.2) is 0 Å². The van der Waals surface area contributed by atoms with Gasteiger partial charge in [-0.1, -0.05) is 18.2 Å². The standard InChI is InChI=1S/C12H12N2O/c15-12-13-8-4-7-11(13)9-14(12)10-5-2-1-3-6-10/h1-3,5-6,9H,4,7-8H2. The second-order valence-electron chi connectivity index (χ2n) is 3.86. The van der Waals surface area contributed by atoms with Crippen molar-refractivity contribution < 1.29 is 0 Å². The van der Waals surface area contributed by atoms with Crippen LogP contribution in [0.25, 0.3) is 5.69 Å². The zero-order valence-corrected chi connectivity index (χ0v) is 8.39. The molecule has 0 radical (unpaired) electrons. The third kappa shape index (κ3) is 1.23. The van der Waals surface area contributed by atoms with Crippen molar-refractivity contribution in [2.75, 3.05) is 0 Å². The van der Waals surface area contributed by atoms with E-state index >= 15 is 0 Å². The van der Waals surface area contributed by atoms with Gasteiger partial charge >= 0.3 is 5.69 Å². The molecule has 0 fully saturated rings. The van der Waals surface area contributed by atoms with Crippen molar-refractivity contribution in [3.63, 3.8) is 0 Å². The fourth-order valence-electron chi connectivity index (χ4n) is 2.16. The van der Waals surface area contributed by atoms with Crippen molar-refractivity contribution in [1.82, 2.24) is 9.13 Å². The van der Waals surface area contributed by atoms with Crippen molar-refractivity contribution in [2.24, 2.45) is 0 Å². The van der Waals surface area contributed by atoms with Crippen molar-refractivity contribution in [3.05, 3.63) is 52.7 Å². The molecule has 0 N–H and O–H groups in total. The first-order valence-corrected chi connectivity index (χ1v) is 5.23. The van der Waals surface area contributed by atoms with Crippen LogP contribution in [0.15, 0.2) is 41.3 Å². The highest BCUT2D eigenvalue weighted by Gasteiger charge is 2.16. The molecule has 1 aromatic carbocycles. The number of rotatable bonds is 1. The molecule has 76 valence electrons. The Balaban J connectivity index is 2.19. The van der Waals surface area contributed by atoms with Gasteiger partial charge in [-0.25, -0.2) is 4.79 Å². The lowest BCUT2D eigenvalue weighted by molar-refractivity contribution is 0.699. The van der Waals surface area contributed by atoms with Crippen LogP contribution in [0, 0.1) is 0 Å². The SMILES string of the molecule is O=c1n(-c2ccccc2)cc2n1CCC2. The summed E-state index contributed by atoms with van der Waals surface area (Å²) in [7, 11) is 0. The van der Waals surface area contributed by atoms with Gasteiger partial charge < -0.3 is 0 Å². The first-order chi connectivity index (χ1) is 7.36. The maximum atomic E-state index is 12.0. The number of para-hydroxylation sites is 1. The first-order valence-electron chi connectivity index (χ1n) is 5.23. The second kappa shape index (κ2) is 3.12. The number of imidazole rings is 1. The molecule has 0 bridgehead atoms. The minimum absolute atomic E-state index is 0.0914. The summed E-state index contributed by atoms with van der Waals surface area (Å²) in [6.45, 7) is 0.869. The summed E-state index contributed by atoms with van der Waals surface area (Å²) < 4.78 is 3.60. The average molecular weight is 200 g/mol. The van der Waals surface area contributed by atoms with Crippen LogP contribution in [0.5, 0.6) is 0 Å². The molecule has 1 aliphatic heterocycles. The van der Waals surface area contributed by atoms with Gasteiger partial charge in [-0.2, -0.15) is 0 Å². The van der Waals surface area contributed by atoms with E-state index in [1.165, 1.54) is 0 Å². The van der Waals surface area contributed by atoms with Gasteiger partial charge in [-0.3, -0.25) is 9.13 Å². The lowest BCUT2D eigenvalue weighted by Crippen LogP contribution is -2.22. The third-order valence-corrected chi connectivity index (χ3v) is 2.91. The largest absolute Gasteiger partial charge is 0.332 e. The molecular formula is C12H12N2O. The maximum Gasteiger partial charge on any atom is 0.332 e. The smallest absolute Gasteiger partial charge is 0.296 e. The molecule has 15 heavy (non-hydrogen) atoms. The number of aromatic nitrogens is 2. The van der Waals surface area contributed by atoms with Crippen molar-refractivity contribution in [2.45, 2.75) is 19.4 Å². The molecule has 2 heterocycles. The van der Waals surface area contributed by atoms with E-state index in [1.54, 1.807) is 4.57 Å². The predicted octanol–water partition coefficient (Wildman–Crippen LogP) is 1.59. The fraction of sp³-hybridized carbons (Fsp3) is 0.250. The number of nitrogens with zero attached hydrogens (tertiary/aromatic N) is 2.